The van der Waals surface area contributed by atoms with Crippen LogP contribution in [-0.4, -0.2) is 18.6 Å². The Labute approximate surface area is 90.9 Å². The minimum Gasteiger partial charge on any atom is -0.493 e. The van der Waals surface area contributed by atoms with E-state index in [1.165, 1.54) is 6.42 Å². The lowest BCUT2D eigenvalue weighted by atomic mass is 10.1. The van der Waals surface area contributed by atoms with Crippen LogP contribution in [0, 0.1) is 11.3 Å². The Hall–Kier alpha value is -1.25. The Morgan fingerprint density at radius 3 is 2.93 bits per heavy atom. The van der Waals surface area contributed by atoms with Crippen molar-refractivity contribution < 1.29 is 4.74 Å². The highest BCUT2D eigenvalue weighted by atomic mass is 16.5. The summed E-state index contributed by atoms with van der Waals surface area (Å²) < 4.78 is 5.22. The minimum atomic E-state index is 0.509. The summed E-state index contributed by atoms with van der Waals surface area (Å²) in [5.74, 6) is 2.43. The van der Waals surface area contributed by atoms with Gasteiger partial charge in [-0.2, -0.15) is 0 Å². The number of aromatic nitrogens is 1. The van der Waals surface area contributed by atoms with Gasteiger partial charge in [-0.1, -0.05) is 13.8 Å². The quantitative estimate of drug-likeness (QED) is 0.822. The maximum Gasteiger partial charge on any atom is 0.168 e. The molecule has 0 radical (unpaired) electrons. The summed E-state index contributed by atoms with van der Waals surface area (Å²) in [4.78, 5) is 4.26. The summed E-state index contributed by atoms with van der Waals surface area (Å²) in [5, 5.41) is 3.35. The first-order chi connectivity index (χ1) is 7.13. The van der Waals surface area contributed by atoms with Gasteiger partial charge in [-0.05, 0) is 29.9 Å². The Kier molecular flexibility index (Phi) is 2.55. The Morgan fingerprint density at radius 1 is 1.60 bits per heavy atom. The third-order valence-corrected chi connectivity index (χ3v) is 3.22. The topological polar surface area (TPSA) is 34.1 Å². The molecule has 1 N–H and O–H groups in total. The van der Waals surface area contributed by atoms with Gasteiger partial charge in [-0.3, -0.25) is 0 Å². The van der Waals surface area contributed by atoms with Crippen LogP contribution in [0.1, 0.15) is 20.3 Å². The first-order valence-corrected chi connectivity index (χ1v) is 5.36. The third kappa shape index (κ3) is 2.22. The largest absolute Gasteiger partial charge is 0.493 e. The average molecular weight is 206 g/mol. The molecule has 0 spiro atoms. The molecule has 1 unspecified atom stereocenters. The molecule has 0 saturated heterocycles. The summed E-state index contributed by atoms with van der Waals surface area (Å²) in [6.07, 6.45) is 3.08. The summed E-state index contributed by atoms with van der Waals surface area (Å²) in [7, 11) is 1.67. The van der Waals surface area contributed by atoms with Crippen molar-refractivity contribution in [2.45, 2.75) is 20.3 Å². The lowest BCUT2D eigenvalue weighted by Crippen LogP contribution is -2.09. The molecule has 2 rings (SSSR count). The molecule has 0 aromatic carbocycles. The number of anilines is 1. The molecular weight excluding hydrogens is 188 g/mol. The fraction of sp³-hybridized carbons (Fsp3) is 0.583. The van der Waals surface area contributed by atoms with E-state index in [2.05, 4.69) is 24.1 Å². The van der Waals surface area contributed by atoms with Gasteiger partial charge in [-0.25, -0.2) is 4.98 Å². The van der Waals surface area contributed by atoms with E-state index in [4.69, 9.17) is 4.74 Å². The van der Waals surface area contributed by atoms with E-state index in [1.807, 2.05) is 12.1 Å². The fourth-order valence-corrected chi connectivity index (χ4v) is 1.83. The van der Waals surface area contributed by atoms with Gasteiger partial charge in [0.25, 0.3) is 0 Å². The molecular formula is C12H18N2O. The van der Waals surface area contributed by atoms with Gasteiger partial charge in [0, 0.05) is 12.7 Å². The number of ether oxygens (including phenoxy) is 1. The SMILES string of the molecule is COc1cccnc1NCC1CC1(C)C. The Morgan fingerprint density at radius 2 is 2.33 bits per heavy atom. The average Bonchev–Trinajstić information content (AvgIpc) is 2.84. The van der Waals surface area contributed by atoms with E-state index in [0.29, 0.717) is 5.41 Å². The molecule has 0 bridgehead atoms. The zero-order valence-corrected chi connectivity index (χ0v) is 9.58. The molecule has 1 aromatic rings. The maximum atomic E-state index is 5.22. The minimum absolute atomic E-state index is 0.509. The molecule has 1 atom stereocenters. The van der Waals surface area contributed by atoms with Crippen LogP contribution in [0.4, 0.5) is 5.82 Å². The van der Waals surface area contributed by atoms with Gasteiger partial charge in [0.15, 0.2) is 11.6 Å². The number of methoxy groups -OCH3 is 1. The third-order valence-electron chi connectivity index (χ3n) is 3.22. The van der Waals surface area contributed by atoms with E-state index in [-0.39, 0.29) is 0 Å². The van der Waals surface area contributed by atoms with Gasteiger partial charge in [0.1, 0.15) is 0 Å². The van der Waals surface area contributed by atoms with Crippen LogP contribution >= 0.6 is 0 Å². The molecule has 3 nitrogen and oxygen atoms in total. The molecule has 15 heavy (non-hydrogen) atoms. The molecule has 1 saturated carbocycles. The van der Waals surface area contributed by atoms with Crippen molar-refractivity contribution in [2.24, 2.45) is 11.3 Å². The summed E-state index contributed by atoms with van der Waals surface area (Å²) >= 11 is 0. The van der Waals surface area contributed by atoms with E-state index >= 15 is 0 Å². The summed E-state index contributed by atoms with van der Waals surface area (Å²) in [6, 6.07) is 3.80. The Balaban J connectivity index is 1.93. The lowest BCUT2D eigenvalue weighted by Gasteiger charge is -2.10. The highest BCUT2D eigenvalue weighted by Gasteiger charge is 2.45. The van der Waals surface area contributed by atoms with E-state index in [9.17, 15) is 0 Å². The smallest absolute Gasteiger partial charge is 0.168 e. The molecule has 1 aromatic heterocycles. The van der Waals surface area contributed by atoms with Gasteiger partial charge >= 0.3 is 0 Å². The molecule has 1 heterocycles. The van der Waals surface area contributed by atoms with Crippen LogP contribution in [0.3, 0.4) is 0 Å². The Bertz CT molecular complexity index is 349. The molecule has 3 heteroatoms. The highest BCUT2D eigenvalue weighted by Crippen LogP contribution is 2.51. The number of pyridine rings is 1. The van der Waals surface area contributed by atoms with Crippen LogP contribution in [0.15, 0.2) is 18.3 Å². The van der Waals surface area contributed by atoms with Crippen LogP contribution in [0.2, 0.25) is 0 Å². The van der Waals surface area contributed by atoms with E-state index in [0.717, 1.165) is 24.0 Å². The van der Waals surface area contributed by atoms with Crippen molar-refractivity contribution in [3.05, 3.63) is 18.3 Å². The molecule has 1 fully saturated rings. The lowest BCUT2D eigenvalue weighted by molar-refractivity contribution is 0.414. The van der Waals surface area contributed by atoms with Crippen LogP contribution in [0.25, 0.3) is 0 Å². The number of rotatable bonds is 4. The second-order valence-corrected chi connectivity index (χ2v) is 4.82. The normalized spacial score (nSPS) is 22.2. The zero-order valence-electron chi connectivity index (χ0n) is 9.58. The van der Waals surface area contributed by atoms with Crippen molar-refractivity contribution in [1.82, 2.24) is 4.98 Å². The van der Waals surface area contributed by atoms with Crippen molar-refractivity contribution in [3.63, 3.8) is 0 Å². The zero-order chi connectivity index (χ0) is 10.9. The van der Waals surface area contributed by atoms with E-state index < -0.39 is 0 Å². The molecule has 1 aliphatic carbocycles. The maximum absolute atomic E-state index is 5.22. The second kappa shape index (κ2) is 3.72. The molecule has 1 aliphatic rings. The van der Waals surface area contributed by atoms with Crippen molar-refractivity contribution in [3.8, 4) is 5.75 Å². The monoisotopic (exact) mass is 206 g/mol. The van der Waals surface area contributed by atoms with Crippen molar-refractivity contribution in [2.75, 3.05) is 19.0 Å². The van der Waals surface area contributed by atoms with E-state index in [1.54, 1.807) is 13.3 Å². The van der Waals surface area contributed by atoms with Crippen LogP contribution in [0.5, 0.6) is 5.75 Å². The standard InChI is InChI=1S/C12H18N2O/c1-12(2)7-9(12)8-14-11-10(15-3)5-4-6-13-11/h4-6,9H,7-8H2,1-3H3,(H,13,14). The second-order valence-electron chi connectivity index (χ2n) is 4.82. The fourth-order valence-electron chi connectivity index (χ4n) is 1.83. The van der Waals surface area contributed by atoms with Crippen molar-refractivity contribution in [1.29, 1.82) is 0 Å². The molecule has 0 amide bonds. The number of nitrogens with zero attached hydrogens (tertiary/aromatic N) is 1. The first-order valence-electron chi connectivity index (χ1n) is 5.36. The van der Waals surface area contributed by atoms with Gasteiger partial charge < -0.3 is 10.1 Å². The summed E-state index contributed by atoms with van der Waals surface area (Å²) in [5.41, 5.74) is 0.509. The predicted molar refractivity (Wildman–Crippen MR) is 61.2 cm³/mol. The van der Waals surface area contributed by atoms with Gasteiger partial charge in [-0.15, -0.1) is 0 Å². The first kappa shape index (κ1) is 10.3. The summed E-state index contributed by atoms with van der Waals surface area (Å²) in [6.45, 7) is 5.59. The molecule has 82 valence electrons. The van der Waals surface area contributed by atoms with Gasteiger partial charge in [0.2, 0.25) is 0 Å². The van der Waals surface area contributed by atoms with Crippen LogP contribution < -0.4 is 10.1 Å². The number of hydrogen-bond donors (Lipinski definition) is 1. The highest BCUT2D eigenvalue weighted by molar-refractivity contribution is 5.49. The number of nitrogens with one attached hydrogen (secondary N) is 1. The molecule has 0 aliphatic heterocycles. The number of hydrogen-bond acceptors (Lipinski definition) is 3. The van der Waals surface area contributed by atoms with Crippen molar-refractivity contribution >= 4 is 5.82 Å². The van der Waals surface area contributed by atoms with Crippen LogP contribution in [-0.2, 0) is 0 Å². The predicted octanol–water partition coefficient (Wildman–Crippen LogP) is 2.55. The van der Waals surface area contributed by atoms with Gasteiger partial charge in [0.05, 0.1) is 7.11 Å².